The first-order chi connectivity index (χ1) is 9.16. The Balaban J connectivity index is 1.95. The van der Waals surface area contributed by atoms with Gasteiger partial charge in [-0.1, -0.05) is 12.1 Å². The molecule has 3 heteroatoms. The van der Waals surface area contributed by atoms with E-state index < -0.39 is 0 Å². The number of fused-ring (bicyclic) bond motifs is 1. The van der Waals surface area contributed by atoms with Crippen LogP contribution in [0.15, 0.2) is 12.1 Å². The van der Waals surface area contributed by atoms with Crippen LogP contribution in [0.1, 0.15) is 22.4 Å². The maximum absolute atomic E-state index is 3.66. The number of aromatic amines is 1. The molecule has 1 saturated heterocycles. The van der Waals surface area contributed by atoms with Crippen molar-refractivity contribution >= 4 is 10.9 Å². The average molecular weight is 257 g/mol. The summed E-state index contributed by atoms with van der Waals surface area (Å²) in [6, 6.07) is 4.48. The molecule has 0 unspecified atom stereocenters. The number of nitrogens with zero attached hydrogens (tertiary/aromatic N) is 1. The first kappa shape index (κ1) is 12.7. The van der Waals surface area contributed by atoms with Crippen molar-refractivity contribution in [1.82, 2.24) is 15.2 Å². The first-order valence-electron chi connectivity index (χ1n) is 7.17. The van der Waals surface area contributed by atoms with Crippen LogP contribution in [0.2, 0.25) is 0 Å². The van der Waals surface area contributed by atoms with E-state index in [4.69, 9.17) is 0 Å². The molecule has 0 spiro atoms. The largest absolute Gasteiger partial charge is 0.357 e. The van der Waals surface area contributed by atoms with Gasteiger partial charge in [-0.25, -0.2) is 0 Å². The van der Waals surface area contributed by atoms with Crippen molar-refractivity contribution in [2.24, 2.45) is 0 Å². The van der Waals surface area contributed by atoms with E-state index in [1.54, 1.807) is 0 Å². The third kappa shape index (κ3) is 2.28. The summed E-state index contributed by atoms with van der Waals surface area (Å²) in [6.07, 6.45) is 0. The average Bonchev–Trinajstić information content (AvgIpc) is 2.73. The lowest BCUT2D eigenvalue weighted by Crippen LogP contribution is -2.43. The zero-order valence-corrected chi connectivity index (χ0v) is 12.1. The van der Waals surface area contributed by atoms with E-state index in [9.17, 15) is 0 Å². The number of hydrogen-bond acceptors (Lipinski definition) is 2. The molecule has 19 heavy (non-hydrogen) atoms. The lowest BCUT2D eigenvalue weighted by Gasteiger charge is -2.26. The first-order valence-corrected chi connectivity index (χ1v) is 7.17. The van der Waals surface area contributed by atoms with Crippen molar-refractivity contribution in [3.05, 3.63) is 34.5 Å². The van der Waals surface area contributed by atoms with Crippen LogP contribution in [0.25, 0.3) is 10.9 Å². The fraction of sp³-hybridized carbons (Fsp3) is 0.500. The lowest BCUT2D eigenvalue weighted by atomic mass is 10.0. The van der Waals surface area contributed by atoms with Crippen molar-refractivity contribution < 1.29 is 0 Å². The highest BCUT2D eigenvalue weighted by atomic mass is 15.2. The molecule has 1 aromatic carbocycles. The van der Waals surface area contributed by atoms with Crippen LogP contribution < -0.4 is 5.32 Å². The Bertz CT molecular complexity index is 592. The van der Waals surface area contributed by atoms with E-state index >= 15 is 0 Å². The normalized spacial score (nSPS) is 17.2. The van der Waals surface area contributed by atoms with Gasteiger partial charge in [0, 0.05) is 49.3 Å². The highest BCUT2D eigenvalue weighted by molar-refractivity contribution is 5.87. The van der Waals surface area contributed by atoms with Gasteiger partial charge in [0.05, 0.1) is 0 Å². The van der Waals surface area contributed by atoms with Gasteiger partial charge in [0.2, 0.25) is 0 Å². The molecule has 1 fully saturated rings. The third-order valence-electron chi connectivity index (χ3n) is 4.46. The minimum Gasteiger partial charge on any atom is -0.357 e. The molecule has 1 aromatic heterocycles. The molecular formula is C16H23N3. The van der Waals surface area contributed by atoms with E-state index in [1.807, 2.05) is 0 Å². The lowest BCUT2D eigenvalue weighted by molar-refractivity contribution is 0.231. The van der Waals surface area contributed by atoms with Crippen molar-refractivity contribution in [2.45, 2.75) is 27.3 Å². The summed E-state index contributed by atoms with van der Waals surface area (Å²) in [5, 5.41) is 4.79. The summed E-state index contributed by atoms with van der Waals surface area (Å²) in [7, 11) is 0. The molecule has 2 aromatic rings. The van der Waals surface area contributed by atoms with Gasteiger partial charge in [-0.2, -0.15) is 0 Å². The number of piperazine rings is 1. The predicted molar refractivity (Wildman–Crippen MR) is 80.7 cm³/mol. The van der Waals surface area contributed by atoms with Crippen molar-refractivity contribution in [3.8, 4) is 0 Å². The number of benzene rings is 1. The van der Waals surface area contributed by atoms with Crippen molar-refractivity contribution in [2.75, 3.05) is 26.2 Å². The van der Waals surface area contributed by atoms with Crippen molar-refractivity contribution in [1.29, 1.82) is 0 Å². The molecule has 102 valence electrons. The van der Waals surface area contributed by atoms with Crippen molar-refractivity contribution in [3.63, 3.8) is 0 Å². The van der Waals surface area contributed by atoms with Gasteiger partial charge in [-0.05, 0) is 37.5 Å². The molecule has 0 atom stereocenters. The highest BCUT2D eigenvalue weighted by Gasteiger charge is 2.15. The topological polar surface area (TPSA) is 31.1 Å². The Morgan fingerprint density at radius 1 is 1.05 bits per heavy atom. The van der Waals surface area contributed by atoms with E-state index in [-0.39, 0.29) is 0 Å². The summed E-state index contributed by atoms with van der Waals surface area (Å²) in [5.41, 5.74) is 6.86. The van der Waals surface area contributed by atoms with Gasteiger partial charge < -0.3 is 10.3 Å². The standard InChI is InChI=1S/C16H23N3/c1-11-4-5-14-13(3)15(18-16(14)12(11)2)10-19-8-6-17-7-9-19/h4-5,17-18H,6-10H2,1-3H3. The summed E-state index contributed by atoms with van der Waals surface area (Å²) in [5.74, 6) is 0. The van der Waals surface area contributed by atoms with Crippen LogP contribution in [-0.2, 0) is 6.54 Å². The molecule has 2 heterocycles. The van der Waals surface area contributed by atoms with Gasteiger partial charge in [0.1, 0.15) is 0 Å². The quantitative estimate of drug-likeness (QED) is 0.866. The van der Waals surface area contributed by atoms with Gasteiger partial charge in [0.15, 0.2) is 0 Å². The number of nitrogens with one attached hydrogen (secondary N) is 2. The van der Waals surface area contributed by atoms with Crippen LogP contribution >= 0.6 is 0 Å². The van der Waals surface area contributed by atoms with Crippen LogP contribution in [0.4, 0.5) is 0 Å². The molecule has 0 aliphatic carbocycles. The van der Waals surface area contributed by atoms with E-state index in [2.05, 4.69) is 48.1 Å². The number of H-pyrrole nitrogens is 1. The summed E-state index contributed by atoms with van der Waals surface area (Å²) in [6.45, 7) is 12.2. The van der Waals surface area contributed by atoms with Crippen LogP contribution in [-0.4, -0.2) is 36.1 Å². The maximum Gasteiger partial charge on any atom is 0.0491 e. The van der Waals surface area contributed by atoms with Crippen LogP contribution in [0.5, 0.6) is 0 Å². The Morgan fingerprint density at radius 3 is 2.53 bits per heavy atom. The molecule has 0 radical (unpaired) electrons. The molecular weight excluding hydrogens is 234 g/mol. The second-order valence-electron chi connectivity index (χ2n) is 5.68. The second kappa shape index (κ2) is 4.99. The minimum atomic E-state index is 1.04. The Morgan fingerprint density at radius 2 is 1.79 bits per heavy atom. The minimum absolute atomic E-state index is 1.04. The van der Waals surface area contributed by atoms with E-state index in [0.29, 0.717) is 0 Å². The summed E-state index contributed by atoms with van der Waals surface area (Å²) in [4.78, 5) is 6.18. The molecule has 1 aliphatic heterocycles. The Hall–Kier alpha value is -1.32. The zero-order chi connectivity index (χ0) is 13.4. The number of rotatable bonds is 2. The number of hydrogen-bond donors (Lipinski definition) is 2. The summed E-state index contributed by atoms with van der Waals surface area (Å²) < 4.78 is 0. The molecule has 2 N–H and O–H groups in total. The monoisotopic (exact) mass is 257 g/mol. The molecule has 1 aliphatic rings. The van der Waals surface area contributed by atoms with E-state index in [1.165, 1.54) is 33.3 Å². The maximum atomic E-state index is 3.66. The second-order valence-corrected chi connectivity index (χ2v) is 5.68. The Kier molecular flexibility index (Phi) is 3.33. The number of aromatic nitrogens is 1. The predicted octanol–water partition coefficient (Wildman–Crippen LogP) is 2.50. The fourth-order valence-corrected chi connectivity index (χ4v) is 2.95. The van der Waals surface area contributed by atoms with Gasteiger partial charge >= 0.3 is 0 Å². The molecule has 3 rings (SSSR count). The fourth-order valence-electron chi connectivity index (χ4n) is 2.95. The van der Waals surface area contributed by atoms with Gasteiger partial charge in [-0.15, -0.1) is 0 Å². The SMILES string of the molecule is Cc1ccc2c(C)c(CN3CCNCC3)[nH]c2c1C. The number of aryl methyl sites for hydroxylation is 3. The zero-order valence-electron chi connectivity index (χ0n) is 12.1. The third-order valence-corrected chi connectivity index (χ3v) is 4.46. The van der Waals surface area contributed by atoms with Crippen LogP contribution in [0, 0.1) is 20.8 Å². The molecule has 0 saturated carbocycles. The molecule has 0 bridgehead atoms. The summed E-state index contributed by atoms with van der Waals surface area (Å²) >= 11 is 0. The molecule has 0 amide bonds. The highest BCUT2D eigenvalue weighted by Crippen LogP contribution is 2.27. The molecule has 3 nitrogen and oxygen atoms in total. The van der Waals surface area contributed by atoms with E-state index in [0.717, 1.165) is 32.7 Å². The van der Waals surface area contributed by atoms with Gasteiger partial charge in [-0.3, -0.25) is 4.90 Å². The van der Waals surface area contributed by atoms with Crippen LogP contribution in [0.3, 0.4) is 0 Å². The smallest absolute Gasteiger partial charge is 0.0491 e. The Labute approximate surface area is 115 Å². The van der Waals surface area contributed by atoms with Gasteiger partial charge in [0.25, 0.3) is 0 Å².